The van der Waals surface area contributed by atoms with Gasteiger partial charge in [-0.15, -0.1) is 0 Å². The van der Waals surface area contributed by atoms with Gasteiger partial charge in [0.2, 0.25) is 5.91 Å². The van der Waals surface area contributed by atoms with Crippen molar-refractivity contribution in [1.29, 1.82) is 0 Å². The molecule has 7 heteroatoms. The largest absolute Gasteiger partial charge is 0.481 e. The first kappa shape index (κ1) is 17.6. The molecule has 0 aromatic heterocycles. The molecule has 134 valence electrons. The van der Waals surface area contributed by atoms with Gasteiger partial charge in [-0.25, -0.2) is 5.21 Å². The highest BCUT2D eigenvalue weighted by molar-refractivity contribution is 5.95. The number of anilines is 1. The highest BCUT2D eigenvalue weighted by Crippen LogP contribution is 2.33. The predicted molar refractivity (Wildman–Crippen MR) is 94.0 cm³/mol. The van der Waals surface area contributed by atoms with Gasteiger partial charge in [0.1, 0.15) is 0 Å². The lowest BCUT2D eigenvalue weighted by atomic mass is 9.95. The molecule has 2 aromatic carbocycles. The van der Waals surface area contributed by atoms with Crippen LogP contribution in [0, 0.1) is 16.7 Å². The van der Waals surface area contributed by atoms with Crippen molar-refractivity contribution in [3.63, 3.8) is 0 Å². The van der Waals surface area contributed by atoms with Crippen LogP contribution in [0.4, 0.5) is 11.4 Å². The molecule has 2 atom stereocenters. The lowest BCUT2D eigenvalue weighted by Gasteiger charge is -2.15. The summed E-state index contributed by atoms with van der Waals surface area (Å²) in [6.45, 7) is 0. The highest BCUT2D eigenvalue weighted by atomic mass is 16.6. The fraction of sp³-hybridized carbons (Fsp3) is 0.263. The number of aliphatic carboxylic acids is 1. The SMILES string of the molecule is O=C(O)[C@H]1CCC[C@@H]1C(=O)Nc1ccc(-c2ccc([N+](=O)O)cc2)cc1. The molecule has 3 N–H and O–H groups in total. The second-order valence-electron chi connectivity index (χ2n) is 6.37. The molecule has 0 aliphatic heterocycles. The van der Waals surface area contributed by atoms with E-state index in [1.807, 2.05) is 12.1 Å². The molecule has 0 bridgehead atoms. The molecule has 1 fully saturated rings. The molecular weight excluding hydrogens is 336 g/mol. The van der Waals surface area contributed by atoms with Gasteiger partial charge in [-0.1, -0.05) is 18.6 Å². The maximum Gasteiger partial charge on any atom is 0.316 e. The van der Waals surface area contributed by atoms with Crippen LogP contribution in [0.3, 0.4) is 0 Å². The molecule has 7 nitrogen and oxygen atoms in total. The Kier molecular flexibility index (Phi) is 4.97. The van der Waals surface area contributed by atoms with Crippen molar-refractivity contribution in [3.8, 4) is 11.1 Å². The van der Waals surface area contributed by atoms with E-state index >= 15 is 0 Å². The lowest BCUT2D eigenvalue weighted by Crippen LogP contribution is -2.29. The molecule has 0 spiro atoms. The minimum Gasteiger partial charge on any atom is -0.481 e. The Hall–Kier alpha value is -3.22. The zero-order valence-electron chi connectivity index (χ0n) is 14.0. The number of hydrogen-bond acceptors (Lipinski definition) is 3. The maximum atomic E-state index is 12.4. The van der Waals surface area contributed by atoms with E-state index in [0.29, 0.717) is 18.5 Å². The Labute approximate surface area is 149 Å². The summed E-state index contributed by atoms with van der Waals surface area (Å²) in [5.74, 6) is -2.28. The van der Waals surface area contributed by atoms with E-state index in [0.717, 1.165) is 17.5 Å². The molecule has 0 saturated heterocycles. The number of amides is 1. The van der Waals surface area contributed by atoms with Gasteiger partial charge in [-0.2, -0.15) is 0 Å². The average molecular weight is 355 g/mol. The second kappa shape index (κ2) is 7.35. The monoisotopic (exact) mass is 355 g/mol. The summed E-state index contributed by atoms with van der Waals surface area (Å²) in [5.41, 5.74) is 2.49. The van der Waals surface area contributed by atoms with Crippen molar-refractivity contribution in [2.75, 3.05) is 5.32 Å². The Morgan fingerprint density at radius 2 is 1.46 bits per heavy atom. The molecule has 0 unspecified atom stereocenters. The van der Waals surface area contributed by atoms with E-state index in [1.54, 1.807) is 24.3 Å². The van der Waals surface area contributed by atoms with E-state index in [9.17, 15) is 19.6 Å². The van der Waals surface area contributed by atoms with Gasteiger partial charge in [-0.05, 0) is 48.2 Å². The van der Waals surface area contributed by atoms with Crippen LogP contribution in [0.1, 0.15) is 19.3 Å². The van der Waals surface area contributed by atoms with Crippen LogP contribution in [-0.2, 0) is 9.59 Å². The van der Waals surface area contributed by atoms with E-state index in [-0.39, 0.29) is 16.5 Å². The van der Waals surface area contributed by atoms with Gasteiger partial charge >= 0.3 is 11.7 Å². The van der Waals surface area contributed by atoms with Gasteiger partial charge in [0.15, 0.2) is 0 Å². The summed E-state index contributed by atoms with van der Waals surface area (Å²) in [7, 11) is 0. The number of nitrogens with one attached hydrogen (secondary N) is 1. The standard InChI is InChI=1S/C19H18N2O5/c22-18(16-2-1-3-17(16)19(23)24)20-14-8-4-12(5-9-14)13-6-10-15(11-7-13)21(25)26/h4-11,16-17H,1-3H2,(H2-,20,22,23,24,25,26)/p+1/t16-,17-/m0/s1. The molecule has 0 heterocycles. The fourth-order valence-corrected chi connectivity index (χ4v) is 3.33. The summed E-state index contributed by atoms with van der Waals surface area (Å²) in [6, 6.07) is 13.6. The zero-order chi connectivity index (χ0) is 18.7. The van der Waals surface area contributed by atoms with Crippen LogP contribution in [-0.4, -0.2) is 27.1 Å². The van der Waals surface area contributed by atoms with Crippen molar-refractivity contribution in [3.05, 3.63) is 53.4 Å². The molecule has 3 rings (SSSR count). The number of nitrogens with zero attached hydrogens (tertiary/aromatic N) is 1. The zero-order valence-corrected chi connectivity index (χ0v) is 14.0. The van der Waals surface area contributed by atoms with Crippen LogP contribution in [0.25, 0.3) is 11.1 Å². The van der Waals surface area contributed by atoms with E-state index in [1.165, 1.54) is 12.1 Å². The molecule has 0 radical (unpaired) electrons. The minimum atomic E-state index is -0.916. The van der Waals surface area contributed by atoms with Crippen molar-refractivity contribution in [2.24, 2.45) is 11.8 Å². The van der Waals surface area contributed by atoms with Crippen LogP contribution >= 0.6 is 0 Å². The first-order chi connectivity index (χ1) is 12.5. The molecule has 1 amide bonds. The smallest absolute Gasteiger partial charge is 0.316 e. The van der Waals surface area contributed by atoms with Gasteiger partial charge < -0.3 is 10.4 Å². The second-order valence-corrected chi connectivity index (χ2v) is 6.37. The van der Waals surface area contributed by atoms with Gasteiger partial charge in [-0.3, -0.25) is 9.59 Å². The first-order valence-corrected chi connectivity index (χ1v) is 8.36. The Morgan fingerprint density at radius 1 is 0.923 bits per heavy atom. The first-order valence-electron chi connectivity index (χ1n) is 8.36. The van der Waals surface area contributed by atoms with E-state index < -0.39 is 17.8 Å². The number of carboxylic acid groups (broad SMARTS) is 1. The van der Waals surface area contributed by atoms with Crippen molar-refractivity contribution in [1.82, 2.24) is 0 Å². The van der Waals surface area contributed by atoms with Gasteiger partial charge in [0.25, 0.3) is 4.92 Å². The Bertz CT molecular complexity index is 830. The average Bonchev–Trinajstić information content (AvgIpc) is 3.13. The topological polar surface area (TPSA) is 107 Å². The number of carbonyl (C=O) groups excluding carboxylic acids is 1. The van der Waals surface area contributed by atoms with Crippen LogP contribution in [0.15, 0.2) is 48.5 Å². The number of benzene rings is 2. The molecule has 1 aliphatic rings. The van der Waals surface area contributed by atoms with Gasteiger partial charge in [0, 0.05) is 17.8 Å². The van der Waals surface area contributed by atoms with Crippen molar-refractivity contribution < 1.29 is 24.8 Å². The predicted octanol–water partition coefficient (Wildman–Crippen LogP) is 3.59. The number of carboxylic acids is 1. The van der Waals surface area contributed by atoms with Crippen molar-refractivity contribution >= 4 is 23.3 Å². The quantitative estimate of drug-likeness (QED) is 0.711. The number of carbonyl (C=O) groups is 2. The van der Waals surface area contributed by atoms with Crippen LogP contribution in [0.5, 0.6) is 0 Å². The third kappa shape index (κ3) is 3.72. The molecular formula is C19H19N2O5+. The minimum absolute atomic E-state index is 0.141. The van der Waals surface area contributed by atoms with Gasteiger partial charge in [0.05, 0.1) is 16.7 Å². The fourth-order valence-electron chi connectivity index (χ4n) is 3.33. The normalized spacial score (nSPS) is 19.1. The number of rotatable bonds is 5. The third-order valence-electron chi connectivity index (χ3n) is 4.74. The molecule has 1 saturated carbocycles. The Morgan fingerprint density at radius 3 is 2.00 bits per heavy atom. The van der Waals surface area contributed by atoms with Crippen LogP contribution in [0.2, 0.25) is 0 Å². The summed E-state index contributed by atoms with van der Waals surface area (Å²) < 4.78 is 0. The Balaban J connectivity index is 1.68. The summed E-state index contributed by atoms with van der Waals surface area (Å²) in [4.78, 5) is 34.2. The lowest BCUT2D eigenvalue weighted by molar-refractivity contribution is -0.729. The summed E-state index contributed by atoms with van der Waals surface area (Å²) >= 11 is 0. The number of hydrogen-bond donors (Lipinski definition) is 3. The van der Waals surface area contributed by atoms with Crippen molar-refractivity contribution in [2.45, 2.75) is 19.3 Å². The maximum absolute atomic E-state index is 12.4. The van der Waals surface area contributed by atoms with E-state index in [2.05, 4.69) is 5.32 Å². The highest BCUT2D eigenvalue weighted by Gasteiger charge is 2.37. The molecule has 26 heavy (non-hydrogen) atoms. The van der Waals surface area contributed by atoms with E-state index in [4.69, 9.17) is 5.21 Å². The molecule has 2 aromatic rings. The molecule has 1 aliphatic carbocycles. The summed E-state index contributed by atoms with van der Waals surface area (Å²) in [5, 5.41) is 20.8. The third-order valence-corrected chi connectivity index (χ3v) is 4.74. The summed E-state index contributed by atoms with van der Waals surface area (Å²) in [6.07, 6.45) is 1.88. The van der Waals surface area contributed by atoms with Crippen LogP contribution < -0.4 is 5.32 Å².